The van der Waals surface area contributed by atoms with Gasteiger partial charge in [0.1, 0.15) is 12.1 Å². The highest BCUT2D eigenvalue weighted by molar-refractivity contribution is 5.94. The molecule has 1 aromatic heterocycles. The van der Waals surface area contributed by atoms with E-state index in [4.69, 9.17) is 0 Å². The van der Waals surface area contributed by atoms with Crippen LogP contribution in [0.15, 0.2) is 41.1 Å². The van der Waals surface area contributed by atoms with Crippen LogP contribution in [-0.4, -0.2) is 59.5 Å². The summed E-state index contributed by atoms with van der Waals surface area (Å²) in [6.07, 6.45) is 3.81. The first kappa shape index (κ1) is 19.0. The van der Waals surface area contributed by atoms with Gasteiger partial charge in [0.2, 0.25) is 11.8 Å². The Labute approximate surface area is 157 Å². The second kappa shape index (κ2) is 9.27. The second-order valence-electron chi connectivity index (χ2n) is 6.60. The van der Waals surface area contributed by atoms with E-state index >= 15 is 0 Å². The molecule has 0 aliphatic carbocycles. The van der Waals surface area contributed by atoms with Gasteiger partial charge in [-0.2, -0.15) is 0 Å². The lowest BCUT2D eigenvalue weighted by molar-refractivity contribution is -0.134. The Hall–Kier alpha value is -2.74. The van der Waals surface area contributed by atoms with Gasteiger partial charge < -0.3 is 19.6 Å². The average molecular weight is 374 g/mol. The molecule has 0 bridgehead atoms. The van der Waals surface area contributed by atoms with Crippen molar-refractivity contribution < 1.29 is 18.5 Å². The van der Waals surface area contributed by atoms with Gasteiger partial charge in [-0.05, 0) is 43.6 Å². The third-order valence-electron chi connectivity index (χ3n) is 4.55. The molecule has 1 saturated heterocycles. The van der Waals surface area contributed by atoms with Gasteiger partial charge in [0.05, 0.1) is 13.0 Å². The van der Waals surface area contributed by atoms with Crippen molar-refractivity contribution in [3.8, 4) is 0 Å². The van der Waals surface area contributed by atoms with Gasteiger partial charge in [0, 0.05) is 19.2 Å². The summed E-state index contributed by atoms with van der Waals surface area (Å²) in [6, 6.07) is 7.36. The molecular weight excluding hydrogens is 351 g/mol. The van der Waals surface area contributed by atoms with Crippen LogP contribution >= 0.6 is 0 Å². The maximum Gasteiger partial charge on any atom is 0.245 e. The molecule has 2 amide bonds. The summed E-state index contributed by atoms with van der Waals surface area (Å²) < 4.78 is 17.8. The highest BCUT2D eigenvalue weighted by Crippen LogP contribution is 2.09. The van der Waals surface area contributed by atoms with E-state index in [2.05, 4.69) is 19.9 Å². The summed E-state index contributed by atoms with van der Waals surface area (Å²) in [5, 5.41) is 6.24. The van der Waals surface area contributed by atoms with Gasteiger partial charge in [0.15, 0.2) is 5.82 Å². The fourth-order valence-corrected chi connectivity index (χ4v) is 3.08. The predicted molar refractivity (Wildman–Crippen MR) is 97.5 cm³/mol. The number of carbonyl (C=O) groups is 2. The van der Waals surface area contributed by atoms with Crippen molar-refractivity contribution in [1.82, 2.24) is 15.0 Å². The molecule has 1 fully saturated rings. The molecule has 3 rings (SSSR count). The van der Waals surface area contributed by atoms with Crippen LogP contribution in [0.3, 0.4) is 0 Å². The molecule has 0 radical (unpaired) electrons. The summed E-state index contributed by atoms with van der Waals surface area (Å²) in [5.41, 5.74) is 0.712. The number of hydrogen-bond acceptors (Lipinski definition) is 5. The smallest absolute Gasteiger partial charge is 0.245 e. The van der Waals surface area contributed by atoms with Gasteiger partial charge in [-0.1, -0.05) is 17.3 Å². The monoisotopic (exact) mass is 374 g/mol. The van der Waals surface area contributed by atoms with E-state index in [1.54, 1.807) is 12.1 Å². The molecule has 0 saturated carbocycles. The summed E-state index contributed by atoms with van der Waals surface area (Å²) >= 11 is 0. The van der Waals surface area contributed by atoms with E-state index in [-0.39, 0.29) is 30.6 Å². The summed E-state index contributed by atoms with van der Waals surface area (Å²) in [7, 11) is 0. The highest BCUT2D eigenvalue weighted by Gasteiger charge is 2.20. The van der Waals surface area contributed by atoms with E-state index in [9.17, 15) is 14.0 Å². The normalized spacial score (nSPS) is 14.3. The Bertz CT molecular complexity index is 743. The summed E-state index contributed by atoms with van der Waals surface area (Å²) in [6.45, 7) is 3.16. The quantitative estimate of drug-likeness (QED) is 0.764. The molecule has 2 heterocycles. The molecule has 0 spiro atoms. The molecule has 1 aliphatic heterocycles. The molecule has 2 aromatic rings. The molecule has 27 heavy (non-hydrogen) atoms. The summed E-state index contributed by atoms with van der Waals surface area (Å²) in [5.74, 6) is -0.538. The van der Waals surface area contributed by atoms with Crippen molar-refractivity contribution in [3.63, 3.8) is 0 Å². The third-order valence-corrected chi connectivity index (χ3v) is 4.55. The zero-order chi connectivity index (χ0) is 19.1. The Morgan fingerprint density at radius 3 is 2.59 bits per heavy atom. The highest BCUT2D eigenvalue weighted by atomic mass is 19.1. The number of carbonyl (C=O) groups excluding carboxylic acids is 2. The number of benzene rings is 1. The molecule has 1 aliphatic rings. The van der Waals surface area contributed by atoms with Crippen molar-refractivity contribution in [2.24, 2.45) is 0 Å². The number of likely N-dealkylation sites (tertiary alicyclic amines) is 1. The number of hydrogen-bond donors (Lipinski definition) is 1. The first-order chi connectivity index (χ1) is 13.1. The van der Waals surface area contributed by atoms with Crippen molar-refractivity contribution in [2.75, 3.05) is 38.0 Å². The van der Waals surface area contributed by atoms with Crippen LogP contribution in [-0.2, 0) is 16.0 Å². The van der Waals surface area contributed by atoms with Gasteiger partial charge in [-0.3, -0.25) is 9.59 Å². The molecule has 1 aromatic carbocycles. The van der Waals surface area contributed by atoms with Gasteiger partial charge in [-0.15, -0.1) is 0 Å². The first-order valence-corrected chi connectivity index (χ1v) is 9.05. The second-order valence-corrected chi connectivity index (χ2v) is 6.60. The Morgan fingerprint density at radius 2 is 1.93 bits per heavy atom. The number of rotatable bonds is 8. The van der Waals surface area contributed by atoms with Crippen LogP contribution < -0.4 is 5.32 Å². The average Bonchev–Trinajstić information content (AvgIpc) is 3.34. The molecule has 8 heteroatoms. The Morgan fingerprint density at radius 1 is 1.19 bits per heavy atom. The fourth-order valence-electron chi connectivity index (χ4n) is 3.08. The molecule has 0 unspecified atom stereocenters. The van der Waals surface area contributed by atoms with Crippen molar-refractivity contribution >= 4 is 17.6 Å². The fraction of sp³-hybridized carbons (Fsp3) is 0.421. The van der Waals surface area contributed by atoms with Crippen LogP contribution in [0.1, 0.15) is 18.4 Å². The van der Waals surface area contributed by atoms with E-state index in [1.165, 1.54) is 29.4 Å². The molecule has 144 valence electrons. The lowest BCUT2D eigenvalue weighted by Crippen LogP contribution is -2.43. The minimum atomic E-state index is -0.343. The number of nitrogens with one attached hydrogen (secondary N) is 1. The van der Waals surface area contributed by atoms with Crippen LogP contribution in [0.25, 0.3) is 0 Å². The Kier molecular flexibility index (Phi) is 6.54. The third kappa shape index (κ3) is 5.89. The van der Waals surface area contributed by atoms with Crippen LogP contribution in [0.4, 0.5) is 10.2 Å². The predicted octanol–water partition coefficient (Wildman–Crippen LogP) is 1.92. The minimum absolute atomic E-state index is 0.0687. The van der Waals surface area contributed by atoms with E-state index in [1.807, 2.05) is 0 Å². The van der Waals surface area contributed by atoms with Crippen molar-refractivity contribution in [1.29, 1.82) is 0 Å². The number of nitrogens with zero attached hydrogens (tertiary/aromatic N) is 3. The van der Waals surface area contributed by atoms with Gasteiger partial charge in [0.25, 0.3) is 0 Å². The zero-order valence-corrected chi connectivity index (χ0v) is 15.1. The molecule has 1 N–H and O–H groups in total. The lowest BCUT2D eigenvalue weighted by Gasteiger charge is -2.25. The van der Waals surface area contributed by atoms with E-state index < -0.39 is 0 Å². The number of amides is 2. The zero-order valence-electron chi connectivity index (χ0n) is 15.1. The lowest BCUT2D eigenvalue weighted by atomic mass is 10.1. The van der Waals surface area contributed by atoms with E-state index in [0.717, 1.165) is 32.5 Å². The first-order valence-electron chi connectivity index (χ1n) is 9.05. The molecule has 7 nitrogen and oxygen atoms in total. The maximum atomic E-state index is 13.1. The number of anilines is 1. The minimum Gasteiger partial charge on any atom is -0.363 e. The maximum absolute atomic E-state index is 13.1. The topological polar surface area (TPSA) is 78.7 Å². The van der Waals surface area contributed by atoms with Gasteiger partial charge >= 0.3 is 0 Å². The van der Waals surface area contributed by atoms with Crippen LogP contribution in [0.5, 0.6) is 0 Å². The van der Waals surface area contributed by atoms with E-state index in [0.29, 0.717) is 17.9 Å². The largest absolute Gasteiger partial charge is 0.363 e. The van der Waals surface area contributed by atoms with Crippen LogP contribution in [0.2, 0.25) is 0 Å². The number of halogens is 1. The van der Waals surface area contributed by atoms with Gasteiger partial charge in [-0.25, -0.2) is 4.39 Å². The van der Waals surface area contributed by atoms with Crippen molar-refractivity contribution in [2.45, 2.75) is 19.3 Å². The summed E-state index contributed by atoms with van der Waals surface area (Å²) in [4.78, 5) is 28.8. The van der Waals surface area contributed by atoms with Crippen molar-refractivity contribution in [3.05, 3.63) is 48.0 Å². The number of aromatic nitrogens is 1. The molecule has 0 atom stereocenters. The van der Waals surface area contributed by atoms with Crippen LogP contribution in [0, 0.1) is 5.82 Å². The standard InChI is InChI=1S/C19H23FN4O3/c20-16-5-3-15(4-6-16)13-19(26)24(11-10-23-8-1-2-9-23)14-18(25)21-17-7-12-27-22-17/h3-7,12H,1-2,8-11,13-14H2,(H,21,22,25). The Balaban J connectivity index is 1.60. The SMILES string of the molecule is O=C(CN(CCN1CCCC1)C(=O)Cc1ccc(F)cc1)Nc1ccon1. The molecular formula is C19H23FN4O3.